The number of methoxy groups -OCH3 is 1. The van der Waals surface area contributed by atoms with Crippen LogP contribution in [0.2, 0.25) is 0 Å². The predicted molar refractivity (Wildman–Crippen MR) is 72.3 cm³/mol. The summed E-state index contributed by atoms with van der Waals surface area (Å²) < 4.78 is 5.01. The molecule has 0 bridgehead atoms. The molecule has 0 aromatic heterocycles. The smallest absolute Gasteiger partial charge is 0.227 e. The Bertz CT molecular complexity index is 273. The number of nitrogens with two attached hydrogens (primary N) is 1. The van der Waals surface area contributed by atoms with Gasteiger partial charge < -0.3 is 20.7 Å². The molecule has 0 aromatic rings. The van der Waals surface area contributed by atoms with Crippen molar-refractivity contribution >= 4 is 5.91 Å². The van der Waals surface area contributed by atoms with Gasteiger partial charge in [-0.1, -0.05) is 6.42 Å². The van der Waals surface area contributed by atoms with Crippen molar-refractivity contribution in [1.82, 2.24) is 10.2 Å². The summed E-state index contributed by atoms with van der Waals surface area (Å²) in [5.41, 5.74) is 5.65. The molecule has 0 saturated heterocycles. The molecule has 0 aliphatic heterocycles. The third-order valence-electron chi connectivity index (χ3n) is 4.00. The Kier molecular flexibility index (Phi) is 6.05. The molecule has 3 N–H and O–H groups in total. The van der Waals surface area contributed by atoms with Crippen molar-refractivity contribution in [3.8, 4) is 0 Å². The second-order valence-electron chi connectivity index (χ2n) is 5.47. The number of hydrogen-bond donors (Lipinski definition) is 2. The number of carbonyl (C=O) groups is 1. The van der Waals surface area contributed by atoms with Gasteiger partial charge in [-0.05, 0) is 26.8 Å². The second kappa shape index (κ2) is 7.07. The number of amides is 1. The van der Waals surface area contributed by atoms with Gasteiger partial charge in [0.1, 0.15) is 0 Å². The summed E-state index contributed by atoms with van der Waals surface area (Å²) in [6, 6.07) is 0.00345. The van der Waals surface area contributed by atoms with Gasteiger partial charge in [-0.25, -0.2) is 0 Å². The molecule has 0 heterocycles. The molecule has 1 saturated carbocycles. The average Bonchev–Trinajstić information content (AvgIpc) is 2.68. The summed E-state index contributed by atoms with van der Waals surface area (Å²) in [6.45, 7) is 5.08. The number of hydrogen-bond acceptors (Lipinski definition) is 4. The summed E-state index contributed by atoms with van der Waals surface area (Å²) >= 11 is 0. The number of nitrogens with zero attached hydrogens (tertiary/aromatic N) is 1. The fourth-order valence-corrected chi connectivity index (χ4v) is 2.40. The first-order valence-corrected chi connectivity index (χ1v) is 6.72. The zero-order chi connectivity index (χ0) is 13.6. The van der Waals surface area contributed by atoms with E-state index in [-0.39, 0.29) is 17.4 Å². The molecule has 5 heteroatoms. The number of rotatable bonds is 7. The first-order chi connectivity index (χ1) is 8.50. The number of ether oxygens (including phenoxy) is 1. The summed E-state index contributed by atoms with van der Waals surface area (Å²) in [6.07, 6.45) is 2.91. The molecule has 5 nitrogen and oxygen atoms in total. The Morgan fingerprint density at radius 3 is 2.83 bits per heavy atom. The van der Waals surface area contributed by atoms with Gasteiger partial charge in [0.05, 0.1) is 12.0 Å². The van der Waals surface area contributed by atoms with E-state index in [1.807, 2.05) is 14.0 Å². The van der Waals surface area contributed by atoms with E-state index >= 15 is 0 Å². The predicted octanol–water partition coefficient (Wildman–Crippen LogP) is 0.198. The van der Waals surface area contributed by atoms with Gasteiger partial charge in [0.15, 0.2) is 0 Å². The van der Waals surface area contributed by atoms with Crippen LogP contribution < -0.4 is 11.1 Å². The molecule has 1 aliphatic carbocycles. The zero-order valence-corrected chi connectivity index (χ0v) is 11.9. The van der Waals surface area contributed by atoms with Crippen molar-refractivity contribution in [2.45, 2.75) is 32.2 Å². The van der Waals surface area contributed by atoms with Crippen LogP contribution in [-0.2, 0) is 9.53 Å². The summed E-state index contributed by atoms with van der Waals surface area (Å²) in [5, 5.41) is 3.00. The zero-order valence-electron chi connectivity index (χ0n) is 11.9. The Hall–Kier alpha value is -0.650. The molecule has 106 valence electrons. The van der Waals surface area contributed by atoms with Crippen molar-refractivity contribution in [2.24, 2.45) is 11.1 Å². The molecule has 1 amide bonds. The van der Waals surface area contributed by atoms with E-state index in [1.54, 1.807) is 7.11 Å². The third kappa shape index (κ3) is 3.93. The van der Waals surface area contributed by atoms with Gasteiger partial charge in [-0.3, -0.25) is 4.79 Å². The maximum absolute atomic E-state index is 12.1. The molecule has 2 unspecified atom stereocenters. The molecule has 1 aliphatic rings. The van der Waals surface area contributed by atoms with E-state index in [4.69, 9.17) is 10.5 Å². The summed E-state index contributed by atoms with van der Waals surface area (Å²) in [7, 11) is 3.71. The Labute approximate surface area is 110 Å². The van der Waals surface area contributed by atoms with Gasteiger partial charge in [-0.15, -0.1) is 0 Å². The van der Waals surface area contributed by atoms with Crippen molar-refractivity contribution in [1.29, 1.82) is 0 Å². The topological polar surface area (TPSA) is 67.6 Å². The minimum Gasteiger partial charge on any atom is -0.383 e. The number of likely N-dealkylation sites (N-methyl/N-ethyl adjacent to an activating group) is 1. The van der Waals surface area contributed by atoms with E-state index in [0.717, 1.165) is 32.4 Å². The van der Waals surface area contributed by atoms with Crippen LogP contribution in [0.25, 0.3) is 0 Å². The van der Waals surface area contributed by atoms with Crippen molar-refractivity contribution < 1.29 is 9.53 Å². The first-order valence-electron chi connectivity index (χ1n) is 6.72. The fraction of sp³-hybridized carbons (Fsp3) is 0.923. The Morgan fingerprint density at radius 1 is 1.56 bits per heavy atom. The van der Waals surface area contributed by atoms with Gasteiger partial charge in [-0.2, -0.15) is 0 Å². The molecular weight excluding hydrogens is 230 g/mol. The van der Waals surface area contributed by atoms with Crippen molar-refractivity contribution in [3.63, 3.8) is 0 Å². The highest BCUT2D eigenvalue weighted by molar-refractivity contribution is 5.83. The molecular formula is C13H27N3O2. The highest BCUT2D eigenvalue weighted by atomic mass is 16.5. The van der Waals surface area contributed by atoms with Crippen LogP contribution in [0.1, 0.15) is 26.2 Å². The highest BCUT2D eigenvalue weighted by Gasteiger charge is 2.42. The van der Waals surface area contributed by atoms with Crippen LogP contribution >= 0.6 is 0 Å². The Morgan fingerprint density at radius 2 is 2.28 bits per heavy atom. The lowest BCUT2D eigenvalue weighted by atomic mass is 9.84. The van der Waals surface area contributed by atoms with Gasteiger partial charge in [0, 0.05) is 32.8 Å². The molecule has 0 spiro atoms. The van der Waals surface area contributed by atoms with Crippen LogP contribution in [-0.4, -0.2) is 57.2 Å². The normalized spacial score (nSPS) is 27.7. The quantitative estimate of drug-likeness (QED) is 0.683. The van der Waals surface area contributed by atoms with Crippen molar-refractivity contribution in [3.05, 3.63) is 0 Å². The monoisotopic (exact) mass is 257 g/mol. The van der Waals surface area contributed by atoms with Crippen LogP contribution in [0.5, 0.6) is 0 Å². The van der Waals surface area contributed by atoms with Crippen LogP contribution in [0.3, 0.4) is 0 Å². The average molecular weight is 257 g/mol. The highest BCUT2D eigenvalue weighted by Crippen LogP contribution is 2.36. The number of nitrogens with one attached hydrogen (secondary N) is 1. The molecule has 0 radical (unpaired) electrons. The van der Waals surface area contributed by atoms with Gasteiger partial charge in [0.2, 0.25) is 5.91 Å². The summed E-state index contributed by atoms with van der Waals surface area (Å²) in [5.74, 6) is 0.104. The first kappa shape index (κ1) is 15.4. The molecule has 0 aromatic carbocycles. The van der Waals surface area contributed by atoms with E-state index in [1.165, 1.54) is 0 Å². The third-order valence-corrected chi connectivity index (χ3v) is 4.00. The largest absolute Gasteiger partial charge is 0.383 e. The minimum absolute atomic E-state index is 0.00345. The lowest BCUT2D eigenvalue weighted by Gasteiger charge is -2.28. The standard InChI is InChI=1S/C13H27N3O2/c1-13(6-4-5-11(13)14)12(17)15-7-8-16(2)9-10-18-3/h11H,4-10,14H2,1-3H3,(H,15,17). The Balaban J connectivity index is 2.25. The van der Waals surface area contributed by atoms with Crippen LogP contribution in [0.4, 0.5) is 0 Å². The van der Waals surface area contributed by atoms with E-state index in [9.17, 15) is 4.79 Å². The fourth-order valence-electron chi connectivity index (χ4n) is 2.40. The molecule has 1 rings (SSSR count). The minimum atomic E-state index is -0.370. The van der Waals surface area contributed by atoms with Gasteiger partial charge in [0.25, 0.3) is 0 Å². The van der Waals surface area contributed by atoms with Crippen LogP contribution in [0.15, 0.2) is 0 Å². The van der Waals surface area contributed by atoms with E-state index in [0.29, 0.717) is 13.2 Å². The maximum Gasteiger partial charge on any atom is 0.227 e. The van der Waals surface area contributed by atoms with E-state index in [2.05, 4.69) is 10.2 Å². The second-order valence-corrected chi connectivity index (χ2v) is 5.47. The maximum atomic E-state index is 12.1. The molecule has 2 atom stereocenters. The lowest BCUT2D eigenvalue weighted by Crippen LogP contribution is -2.48. The SMILES string of the molecule is COCCN(C)CCNC(=O)C1(C)CCCC1N. The summed E-state index contributed by atoms with van der Waals surface area (Å²) in [4.78, 5) is 14.3. The van der Waals surface area contributed by atoms with Crippen LogP contribution in [0, 0.1) is 5.41 Å². The molecule has 1 fully saturated rings. The number of carbonyl (C=O) groups excluding carboxylic acids is 1. The lowest BCUT2D eigenvalue weighted by molar-refractivity contribution is -0.130. The van der Waals surface area contributed by atoms with E-state index < -0.39 is 0 Å². The molecule has 18 heavy (non-hydrogen) atoms. The van der Waals surface area contributed by atoms with Gasteiger partial charge >= 0.3 is 0 Å². The van der Waals surface area contributed by atoms with Crippen molar-refractivity contribution in [2.75, 3.05) is 40.4 Å².